The second-order valence-electron chi connectivity index (χ2n) is 5.46. The van der Waals surface area contributed by atoms with Gasteiger partial charge >= 0.3 is 0 Å². The zero-order chi connectivity index (χ0) is 15.8. The number of carbonyl (C=O) groups is 2. The van der Waals surface area contributed by atoms with Crippen molar-refractivity contribution in [2.24, 2.45) is 10.9 Å². The molecule has 1 saturated heterocycles. The van der Waals surface area contributed by atoms with E-state index in [4.69, 9.17) is 0 Å². The number of aliphatic imine (C=N–C) groups is 1. The smallest absolute Gasteiger partial charge is 0.242 e. The summed E-state index contributed by atoms with van der Waals surface area (Å²) in [6.07, 6.45) is 5.52. The summed E-state index contributed by atoms with van der Waals surface area (Å²) >= 11 is 0. The molecule has 2 rings (SSSR count). The Kier molecular flexibility index (Phi) is 6.04. The number of hydrogen-bond donors (Lipinski definition) is 0. The van der Waals surface area contributed by atoms with Gasteiger partial charge in [-0.1, -0.05) is 43.2 Å². The molecule has 1 aliphatic heterocycles. The van der Waals surface area contributed by atoms with Crippen molar-refractivity contribution >= 4 is 17.9 Å². The van der Waals surface area contributed by atoms with E-state index in [2.05, 4.69) is 4.99 Å². The van der Waals surface area contributed by atoms with Crippen molar-refractivity contribution in [3.05, 3.63) is 35.9 Å². The Labute approximate surface area is 130 Å². The summed E-state index contributed by atoms with van der Waals surface area (Å²) in [7, 11) is 0. The number of carbonyl (C=O) groups excluding carboxylic acids is 3. The number of unbranched alkanes of at least 4 members (excludes halogenated alkanes) is 3. The Balaban J connectivity index is 1.67. The zero-order valence-electron chi connectivity index (χ0n) is 12.5. The van der Waals surface area contributed by atoms with E-state index in [1.54, 1.807) is 0 Å². The quantitative estimate of drug-likeness (QED) is 0.231. The summed E-state index contributed by atoms with van der Waals surface area (Å²) in [5.41, 5.74) is 1.02. The van der Waals surface area contributed by atoms with Crippen molar-refractivity contribution in [2.75, 3.05) is 13.1 Å². The number of β-lactam (4-membered cyclic amide) rings is 2. The summed E-state index contributed by atoms with van der Waals surface area (Å²) in [5.74, 6) is -0.608. The van der Waals surface area contributed by atoms with Crippen LogP contribution in [0.4, 0.5) is 0 Å². The minimum Gasteiger partial charge on any atom is -0.281 e. The molecule has 0 radical (unpaired) electrons. The van der Waals surface area contributed by atoms with Gasteiger partial charge in [-0.15, -0.1) is 0 Å². The van der Waals surface area contributed by atoms with E-state index in [1.165, 1.54) is 11.0 Å². The maximum absolute atomic E-state index is 12.0. The highest BCUT2D eigenvalue weighted by Gasteiger charge is 2.45. The van der Waals surface area contributed by atoms with Gasteiger partial charge in [-0.3, -0.25) is 14.5 Å². The van der Waals surface area contributed by atoms with E-state index in [9.17, 15) is 14.4 Å². The Morgan fingerprint density at radius 1 is 1.00 bits per heavy atom. The lowest BCUT2D eigenvalue weighted by atomic mass is 9.90. The van der Waals surface area contributed by atoms with Gasteiger partial charge in [-0.05, 0) is 24.8 Å². The van der Waals surface area contributed by atoms with Gasteiger partial charge in [0.2, 0.25) is 17.9 Å². The Morgan fingerprint density at radius 2 is 1.68 bits per heavy atom. The fraction of sp³-hybridized carbons (Fsp3) is 0.471. The molecule has 0 bridgehead atoms. The normalized spacial score (nSPS) is 14.6. The van der Waals surface area contributed by atoms with Crippen molar-refractivity contribution < 1.29 is 14.4 Å². The molecular weight excluding hydrogens is 280 g/mol. The number of hydrogen-bond acceptors (Lipinski definition) is 4. The van der Waals surface area contributed by atoms with Crippen LogP contribution in [0.1, 0.15) is 31.2 Å². The Bertz CT molecular complexity index is 549. The van der Waals surface area contributed by atoms with Crippen molar-refractivity contribution in [2.45, 2.75) is 32.1 Å². The lowest BCUT2D eigenvalue weighted by Gasteiger charge is -2.36. The van der Waals surface area contributed by atoms with Crippen molar-refractivity contribution in [1.82, 2.24) is 4.90 Å². The standard InChI is InChI=1S/C17H20N2O3/c20-13-18-10-6-1-2-7-11-19-16(21)15(17(19)22)12-14-8-4-3-5-9-14/h3-5,8-9,15H,1-2,6-7,10-12H2. The molecule has 5 heteroatoms. The molecule has 0 atom stereocenters. The largest absolute Gasteiger partial charge is 0.281 e. The third-order valence-corrected chi connectivity index (χ3v) is 3.88. The first-order valence-corrected chi connectivity index (χ1v) is 7.67. The van der Waals surface area contributed by atoms with Gasteiger partial charge in [-0.25, -0.2) is 9.79 Å². The SMILES string of the molecule is O=C=NCCCCCCN1C(=O)C(Cc2ccccc2)C1=O. The summed E-state index contributed by atoms with van der Waals surface area (Å²) in [5, 5.41) is 0. The molecule has 1 heterocycles. The van der Waals surface area contributed by atoms with E-state index < -0.39 is 5.92 Å². The number of isocyanates is 1. The number of nitrogens with zero attached hydrogens (tertiary/aromatic N) is 2. The monoisotopic (exact) mass is 300 g/mol. The van der Waals surface area contributed by atoms with Gasteiger partial charge in [0, 0.05) is 6.54 Å². The van der Waals surface area contributed by atoms with Gasteiger partial charge < -0.3 is 0 Å². The summed E-state index contributed by atoms with van der Waals surface area (Å²) in [4.78, 5) is 38.8. The van der Waals surface area contributed by atoms with Crippen LogP contribution in [-0.4, -0.2) is 35.9 Å². The first kappa shape index (κ1) is 16.1. The van der Waals surface area contributed by atoms with Crippen LogP contribution in [-0.2, 0) is 20.8 Å². The molecule has 1 aliphatic rings. The highest BCUT2D eigenvalue weighted by atomic mass is 16.2. The van der Waals surface area contributed by atoms with E-state index in [1.807, 2.05) is 30.3 Å². The second kappa shape index (κ2) is 8.25. The average Bonchev–Trinajstić information content (AvgIpc) is 2.56. The Morgan fingerprint density at radius 3 is 2.36 bits per heavy atom. The maximum Gasteiger partial charge on any atom is 0.242 e. The first-order chi connectivity index (χ1) is 10.7. The summed E-state index contributed by atoms with van der Waals surface area (Å²) in [6, 6.07) is 9.61. The minimum absolute atomic E-state index is 0.0561. The van der Waals surface area contributed by atoms with Gasteiger partial charge in [0.05, 0.1) is 6.54 Å². The molecule has 0 N–H and O–H groups in total. The van der Waals surface area contributed by atoms with E-state index >= 15 is 0 Å². The average molecular weight is 300 g/mol. The molecule has 0 unspecified atom stereocenters. The molecule has 22 heavy (non-hydrogen) atoms. The minimum atomic E-state index is -0.496. The van der Waals surface area contributed by atoms with E-state index in [0.717, 1.165) is 31.2 Å². The zero-order valence-corrected chi connectivity index (χ0v) is 12.5. The third-order valence-electron chi connectivity index (χ3n) is 3.88. The van der Waals surface area contributed by atoms with Crippen LogP contribution in [0.5, 0.6) is 0 Å². The predicted octanol–water partition coefficient (Wildman–Crippen LogP) is 2.11. The lowest BCUT2D eigenvalue weighted by Crippen LogP contribution is -2.58. The van der Waals surface area contributed by atoms with Crippen LogP contribution < -0.4 is 0 Å². The molecule has 0 aromatic heterocycles. The molecule has 0 spiro atoms. The fourth-order valence-corrected chi connectivity index (χ4v) is 2.63. The summed E-state index contributed by atoms with van der Waals surface area (Å²) in [6.45, 7) is 1.00. The number of benzene rings is 1. The van der Waals surface area contributed by atoms with E-state index in [-0.39, 0.29) is 11.8 Å². The van der Waals surface area contributed by atoms with Crippen molar-refractivity contribution in [1.29, 1.82) is 0 Å². The van der Waals surface area contributed by atoms with Gasteiger partial charge in [0.25, 0.3) is 0 Å². The maximum atomic E-state index is 12.0. The fourth-order valence-electron chi connectivity index (χ4n) is 2.63. The lowest BCUT2D eigenvalue weighted by molar-refractivity contribution is -0.165. The Hall–Kier alpha value is -2.26. The number of imide groups is 1. The molecule has 116 valence electrons. The van der Waals surface area contributed by atoms with Crippen LogP contribution in [0.2, 0.25) is 0 Å². The highest BCUT2D eigenvalue weighted by molar-refractivity contribution is 6.17. The molecular formula is C17H20N2O3. The number of amides is 2. The molecule has 5 nitrogen and oxygen atoms in total. The van der Waals surface area contributed by atoms with Gasteiger partial charge in [0.1, 0.15) is 5.92 Å². The molecule has 0 saturated carbocycles. The van der Waals surface area contributed by atoms with Crippen molar-refractivity contribution in [3.8, 4) is 0 Å². The first-order valence-electron chi connectivity index (χ1n) is 7.67. The molecule has 0 aliphatic carbocycles. The number of rotatable bonds is 9. The van der Waals surface area contributed by atoms with Crippen LogP contribution in [0.15, 0.2) is 35.3 Å². The molecule has 1 fully saturated rings. The molecule has 2 amide bonds. The van der Waals surface area contributed by atoms with E-state index in [0.29, 0.717) is 19.5 Å². The third kappa shape index (κ3) is 4.12. The van der Waals surface area contributed by atoms with Crippen LogP contribution in [0.25, 0.3) is 0 Å². The van der Waals surface area contributed by atoms with Gasteiger partial charge in [-0.2, -0.15) is 0 Å². The highest BCUT2D eigenvalue weighted by Crippen LogP contribution is 2.24. The van der Waals surface area contributed by atoms with Crippen molar-refractivity contribution in [3.63, 3.8) is 0 Å². The van der Waals surface area contributed by atoms with Crippen LogP contribution >= 0.6 is 0 Å². The number of likely N-dealkylation sites (tertiary alicyclic amines) is 1. The molecule has 1 aromatic carbocycles. The second-order valence-corrected chi connectivity index (χ2v) is 5.46. The van der Waals surface area contributed by atoms with Crippen LogP contribution in [0, 0.1) is 5.92 Å². The predicted molar refractivity (Wildman–Crippen MR) is 81.8 cm³/mol. The summed E-state index contributed by atoms with van der Waals surface area (Å²) < 4.78 is 0. The molecule has 1 aromatic rings. The van der Waals surface area contributed by atoms with Gasteiger partial charge in [0.15, 0.2) is 0 Å². The van der Waals surface area contributed by atoms with Crippen LogP contribution in [0.3, 0.4) is 0 Å². The topological polar surface area (TPSA) is 66.8 Å².